The van der Waals surface area contributed by atoms with E-state index in [9.17, 15) is 0 Å². The second-order valence-corrected chi connectivity index (χ2v) is 4.32. The van der Waals surface area contributed by atoms with Gasteiger partial charge in [0, 0.05) is 9.65 Å². The number of halogens is 2. The Hall–Kier alpha value is 0.960. The molecule has 0 unspecified atom stereocenters. The van der Waals surface area contributed by atoms with Crippen LogP contribution in [0.5, 0.6) is 0 Å². The van der Waals surface area contributed by atoms with Crippen LogP contribution in [0.15, 0.2) is 0 Å². The lowest BCUT2D eigenvalue weighted by Gasteiger charge is -2.00. The molecule has 1 rings (SSSR count). The Bertz CT molecular complexity index is 55.1. The summed E-state index contributed by atoms with van der Waals surface area (Å²) in [6.07, 6.45) is 4.07. The number of rotatable bonds is 0. The largest absolute Gasteiger partial charge is 0.0879 e. The van der Waals surface area contributed by atoms with E-state index in [1.165, 1.54) is 19.3 Å². The van der Waals surface area contributed by atoms with Gasteiger partial charge in [-0.25, -0.2) is 0 Å². The Labute approximate surface area is 60.9 Å². The molecule has 42 valence electrons. The van der Waals surface area contributed by atoms with E-state index in [-0.39, 0.29) is 0 Å². The molecular weight excluding hydrogens is 220 g/mol. The monoisotopic (exact) mass is 226 g/mol. The van der Waals surface area contributed by atoms with Gasteiger partial charge >= 0.3 is 0 Å². The van der Waals surface area contributed by atoms with Gasteiger partial charge in [-0.1, -0.05) is 38.3 Å². The summed E-state index contributed by atoms with van der Waals surface area (Å²) < 4.78 is 0. The molecule has 2 atom stereocenters. The van der Waals surface area contributed by atoms with Crippen molar-refractivity contribution in [2.24, 2.45) is 0 Å². The van der Waals surface area contributed by atoms with Gasteiger partial charge in [-0.05, 0) is 12.8 Å². The number of hydrogen-bond acceptors (Lipinski definition) is 0. The predicted molar refractivity (Wildman–Crippen MR) is 39.3 cm³/mol. The first kappa shape index (κ1) is 6.09. The van der Waals surface area contributed by atoms with Crippen molar-refractivity contribution in [3.05, 3.63) is 0 Å². The summed E-state index contributed by atoms with van der Waals surface area (Å²) in [5.74, 6) is 0. The molecule has 0 aliphatic heterocycles. The van der Waals surface area contributed by atoms with Crippen LogP contribution in [0.3, 0.4) is 0 Å². The molecule has 0 bridgehead atoms. The highest BCUT2D eigenvalue weighted by atomic mass is 79.9. The number of alkyl halides is 2. The first-order valence-corrected chi connectivity index (χ1v) is 4.42. The van der Waals surface area contributed by atoms with E-state index in [0.29, 0.717) is 0 Å². The Morgan fingerprint density at radius 3 is 1.57 bits per heavy atom. The minimum absolute atomic E-state index is 0.743. The van der Waals surface area contributed by atoms with Gasteiger partial charge in [0.1, 0.15) is 0 Å². The molecular formula is C5H8Br2. The molecule has 0 saturated heterocycles. The molecule has 0 aromatic heterocycles. The maximum atomic E-state index is 3.56. The maximum Gasteiger partial charge on any atom is 0.0271 e. The van der Waals surface area contributed by atoms with E-state index in [1.807, 2.05) is 0 Å². The van der Waals surface area contributed by atoms with Crippen LogP contribution in [-0.4, -0.2) is 9.65 Å². The van der Waals surface area contributed by atoms with E-state index < -0.39 is 0 Å². The van der Waals surface area contributed by atoms with E-state index in [1.54, 1.807) is 0 Å². The molecule has 0 heterocycles. The molecule has 1 aliphatic rings. The normalized spacial score (nSPS) is 42.0. The Morgan fingerprint density at radius 1 is 1.00 bits per heavy atom. The zero-order valence-corrected chi connectivity index (χ0v) is 7.20. The van der Waals surface area contributed by atoms with Crippen LogP contribution in [0.1, 0.15) is 19.3 Å². The van der Waals surface area contributed by atoms with Crippen LogP contribution >= 0.6 is 31.9 Å². The average molecular weight is 228 g/mol. The SMILES string of the molecule is Br[C@@H]1CCC[C@@H]1Br. The van der Waals surface area contributed by atoms with Crippen molar-refractivity contribution < 1.29 is 0 Å². The van der Waals surface area contributed by atoms with Gasteiger partial charge in [-0.2, -0.15) is 0 Å². The molecule has 1 fully saturated rings. The topological polar surface area (TPSA) is 0 Å². The molecule has 1 aliphatic carbocycles. The fraction of sp³-hybridized carbons (Fsp3) is 1.00. The van der Waals surface area contributed by atoms with E-state index in [0.717, 1.165) is 9.65 Å². The van der Waals surface area contributed by atoms with Gasteiger partial charge in [0.05, 0.1) is 0 Å². The molecule has 0 aromatic carbocycles. The maximum absolute atomic E-state index is 3.56. The van der Waals surface area contributed by atoms with E-state index >= 15 is 0 Å². The van der Waals surface area contributed by atoms with Crippen molar-refractivity contribution in [1.29, 1.82) is 0 Å². The molecule has 7 heavy (non-hydrogen) atoms. The van der Waals surface area contributed by atoms with Gasteiger partial charge < -0.3 is 0 Å². The second kappa shape index (κ2) is 2.49. The van der Waals surface area contributed by atoms with E-state index in [4.69, 9.17) is 0 Å². The standard InChI is InChI=1S/C5H8Br2/c6-4-2-1-3-5(4)7/h4-5H,1-3H2/t4-,5+. The average Bonchev–Trinajstić information content (AvgIpc) is 1.91. The van der Waals surface area contributed by atoms with Gasteiger partial charge in [0.15, 0.2) is 0 Å². The summed E-state index contributed by atoms with van der Waals surface area (Å²) >= 11 is 7.11. The van der Waals surface area contributed by atoms with Crippen molar-refractivity contribution in [2.75, 3.05) is 0 Å². The van der Waals surface area contributed by atoms with Crippen LogP contribution in [-0.2, 0) is 0 Å². The third-order valence-corrected chi connectivity index (χ3v) is 4.25. The molecule has 0 amide bonds. The van der Waals surface area contributed by atoms with Crippen molar-refractivity contribution >= 4 is 31.9 Å². The van der Waals surface area contributed by atoms with E-state index in [2.05, 4.69) is 31.9 Å². The summed E-state index contributed by atoms with van der Waals surface area (Å²) in [4.78, 5) is 1.49. The molecule has 1 saturated carbocycles. The number of hydrogen-bond donors (Lipinski definition) is 0. The molecule has 0 spiro atoms. The molecule has 2 heteroatoms. The second-order valence-electron chi connectivity index (χ2n) is 1.96. The molecule has 0 radical (unpaired) electrons. The zero-order valence-electron chi connectivity index (χ0n) is 4.03. The quantitative estimate of drug-likeness (QED) is 0.559. The van der Waals surface area contributed by atoms with Crippen molar-refractivity contribution in [2.45, 2.75) is 28.9 Å². The van der Waals surface area contributed by atoms with Crippen LogP contribution < -0.4 is 0 Å². The van der Waals surface area contributed by atoms with Crippen molar-refractivity contribution in [3.8, 4) is 0 Å². The highest BCUT2D eigenvalue weighted by Gasteiger charge is 2.21. The molecule has 0 N–H and O–H groups in total. The first-order chi connectivity index (χ1) is 3.30. The lowest BCUT2D eigenvalue weighted by Crippen LogP contribution is -2.02. The molecule has 0 nitrogen and oxygen atoms in total. The summed E-state index contributed by atoms with van der Waals surface area (Å²) in [5.41, 5.74) is 0. The molecule has 0 aromatic rings. The van der Waals surface area contributed by atoms with Gasteiger partial charge in [-0.15, -0.1) is 0 Å². The van der Waals surface area contributed by atoms with Crippen LogP contribution in [0.2, 0.25) is 0 Å². The van der Waals surface area contributed by atoms with Crippen LogP contribution in [0.25, 0.3) is 0 Å². The lowest BCUT2D eigenvalue weighted by molar-refractivity contribution is 0.893. The lowest BCUT2D eigenvalue weighted by atomic mass is 10.4. The fourth-order valence-corrected chi connectivity index (χ4v) is 2.05. The third-order valence-electron chi connectivity index (χ3n) is 1.35. The minimum Gasteiger partial charge on any atom is -0.0879 e. The summed E-state index contributed by atoms with van der Waals surface area (Å²) in [6.45, 7) is 0. The Morgan fingerprint density at radius 2 is 1.43 bits per heavy atom. The summed E-state index contributed by atoms with van der Waals surface area (Å²) in [5, 5.41) is 0. The smallest absolute Gasteiger partial charge is 0.0271 e. The predicted octanol–water partition coefficient (Wildman–Crippen LogP) is 2.70. The highest BCUT2D eigenvalue weighted by Crippen LogP contribution is 2.30. The minimum atomic E-state index is 0.743. The van der Waals surface area contributed by atoms with Crippen molar-refractivity contribution in [1.82, 2.24) is 0 Å². The third kappa shape index (κ3) is 1.43. The first-order valence-electron chi connectivity index (χ1n) is 2.59. The highest BCUT2D eigenvalue weighted by molar-refractivity contribution is 9.12. The summed E-state index contributed by atoms with van der Waals surface area (Å²) in [6, 6.07) is 0. The van der Waals surface area contributed by atoms with Gasteiger partial charge in [0.25, 0.3) is 0 Å². The summed E-state index contributed by atoms with van der Waals surface area (Å²) in [7, 11) is 0. The van der Waals surface area contributed by atoms with Crippen LogP contribution in [0.4, 0.5) is 0 Å². The Kier molecular flexibility index (Phi) is 2.17. The fourth-order valence-electron chi connectivity index (χ4n) is 0.870. The van der Waals surface area contributed by atoms with Crippen molar-refractivity contribution in [3.63, 3.8) is 0 Å². The Balaban J connectivity index is 2.33. The van der Waals surface area contributed by atoms with Gasteiger partial charge in [0.2, 0.25) is 0 Å². The van der Waals surface area contributed by atoms with Crippen LogP contribution in [0, 0.1) is 0 Å². The van der Waals surface area contributed by atoms with Gasteiger partial charge in [-0.3, -0.25) is 0 Å². The zero-order chi connectivity index (χ0) is 5.28.